The third-order valence-corrected chi connectivity index (χ3v) is 4.26. The number of ether oxygens (including phenoxy) is 2. The Morgan fingerprint density at radius 2 is 1.81 bits per heavy atom. The molecule has 0 saturated carbocycles. The maximum Gasteiger partial charge on any atom is 0.269 e. The van der Waals surface area contributed by atoms with Gasteiger partial charge in [-0.2, -0.15) is 0 Å². The van der Waals surface area contributed by atoms with Crippen LogP contribution in [0.15, 0.2) is 36.5 Å². The minimum atomic E-state index is -0.170. The third-order valence-electron chi connectivity index (χ3n) is 4.26. The quantitative estimate of drug-likeness (QED) is 0.748. The van der Waals surface area contributed by atoms with Crippen molar-refractivity contribution in [1.29, 1.82) is 0 Å². The number of carbonyl (C=O) groups excluding carboxylic acids is 1. The fraction of sp³-hybridized carbons (Fsp3) is 0.400. The normalized spacial score (nSPS) is 10.3. The Labute approximate surface area is 155 Å². The van der Waals surface area contributed by atoms with E-state index in [0.29, 0.717) is 30.2 Å². The Kier molecular flexibility index (Phi) is 7.26. The molecule has 0 spiro atoms. The Bertz CT molecular complexity index is 713. The van der Waals surface area contributed by atoms with Gasteiger partial charge in [0.25, 0.3) is 5.91 Å². The molecular weight excluding hydrogens is 330 g/mol. The smallest absolute Gasteiger partial charge is 0.269 e. The number of aromatic nitrogens is 1. The molecule has 6 nitrogen and oxygen atoms in total. The van der Waals surface area contributed by atoms with E-state index >= 15 is 0 Å². The van der Waals surface area contributed by atoms with E-state index in [1.807, 2.05) is 24.3 Å². The minimum absolute atomic E-state index is 0.170. The van der Waals surface area contributed by atoms with Crippen molar-refractivity contribution in [2.75, 3.05) is 38.8 Å². The molecule has 0 atom stereocenters. The van der Waals surface area contributed by atoms with Crippen molar-refractivity contribution in [2.45, 2.75) is 20.3 Å². The fourth-order valence-corrected chi connectivity index (χ4v) is 2.74. The second kappa shape index (κ2) is 9.65. The molecule has 1 amide bonds. The van der Waals surface area contributed by atoms with Crippen molar-refractivity contribution in [2.24, 2.45) is 0 Å². The third kappa shape index (κ3) is 4.88. The Morgan fingerprint density at radius 3 is 2.38 bits per heavy atom. The molecule has 1 N–H and O–H groups in total. The second-order valence-corrected chi connectivity index (χ2v) is 5.77. The average Bonchev–Trinajstić information content (AvgIpc) is 2.69. The Morgan fingerprint density at radius 1 is 1.08 bits per heavy atom. The Hall–Kier alpha value is -2.76. The molecule has 0 unspecified atom stereocenters. The highest BCUT2D eigenvalue weighted by Gasteiger charge is 2.09. The monoisotopic (exact) mass is 357 g/mol. The van der Waals surface area contributed by atoms with Crippen LogP contribution in [0.3, 0.4) is 0 Å². The zero-order valence-electron chi connectivity index (χ0n) is 15.9. The van der Waals surface area contributed by atoms with E-state index in [-0.39, 0.29) is 5.91 Å². The van der Waals surface area contributed by atoms with Crippen LogP contribution in [-0.4, -0.2) is 44.7 Å². The largest absolute Gasteiger partial charge is 0.493 e. The average molecular weight is 357 g/mol. The van der Waals surface area contributed by atoms with Crippen LogP contribution in [0.1, 0.15) is 29.9 Å². The predicted octanol–water partition coefficient (Wildman–Crippen LogP) is 2.92. The number of anilines is 1. The molecule has 0 aliphatic carbocycles. The lowest BCUT2D eigenvalue weighted by atomic mass is 10.1. The zero-order valence-corrected chi connectivity index (χ0v) is 15.9. The van der Waals surface area contributed by atoms with Crippen LogP contribution >= 0.6 is 0 Å². The maximum absolute atomic E-state index is 12.2. The number of hydrogen-bond donors (Lipinski definition) is 1. The molecule has 0 radical (unpaired) electrons. The van der Waals surface area contributed by atoms with E-state index in [2.05, 4.69) is 29.0 Å². The second-order valence-electron chi connectivity index (χ2n) is 5.77. The molecule has 0 bridgehead atoms. The van der Waals surface area contributed by atoms with Crippen molar-refractivity contribution in [3.63, 3.8) is 0 Å². The lowest BCUT2D eigenvalue weighted by Gasteiger charge is -2.20. The molecule has 140 valence electrons. The highest BCUT2D eigenvalue weighted by molar-refractivity contribution is 5.92. The number of hydrogen-bond acceptors (Lipinski definition) is 5. The highest BCUT2D eigenvalue weighted by atomic mass is 16.5. The molecule has 0 fully saturated rings. The van der Waals surface area contributed by atoms with Crippen molar-refractivity contribution in [3.8, 4) is 11.5 Å². The van der Waals surface area contributed by atoms with E-state index in [4.69, 9.17) is 9.47 Å². The van der Waals surface area contributed by atoms with E-state index < -0.39 is 0 Å². The van der Waals surface area contributed by atoms with Crippen LogP contribution in [-0.2, 0) is 6.42 Å². The van der Waals surface area contributed by atoms with Crippen LogP contribution in [0, 0.1) is 0 Å². The number of rotatable bonds is 9. The first-order chi connectivity index (χ1) is 12.6. The van der Waals surface area contributed by atoms with Gasteiger partial charge in [-0.05, 0) is 50.1 Å². The zero-order chi connectivity index (χ0) is 18.9. The first-order valence-electron chi connectivity index (χ1n) is 8.83. The van der Waals surface area contributed by atoms with Gasteiger partial charge in [0.2, 0.25) is 0 Å². The van der Waals surface area contributed by atoms with Gasteiger partial charge in [-0.15, -0.1) is 0 Å². The first kappa shape index (κ1) is 19.6. The summed E-state index contributed by atoms with van der Waals surface area (Å²) in [5, 5.41) is 2.90. The summed E-state index contributed by atoms with van der Waals surface area (Å²) in [5.74, 6) is 1.21. The van der Waals surface area contributed by atoms with Crippen LogP contribution in [0.4, 0.5) is 5.69 Å². The van der Waals surface area contributed by atoms with Crippen molar-refractivity contribution >= 4 is 11.6 Å². The Balaban J connectivity index is 1.90. The van der Waals surface area contributed by atoms with Gasteiger partial charge in [0, 0.05) is 19.6 Å². The van der Waals surface area contributed by atoms with Gasteiger partial charge in [0.05, 0.1) is 26.1 Å². The molecule has 1 heterocycles. The molecule has 6 heteroatoms. The summed E-state index contributed by atoms with van der Waals surface area (Å²) in [5.41, 5.74) is 2.51. The lowest BCUT2D eigenvalue weighted by molar-refractivity contribution is 0.0949. The number of nitrogens with one attached hydrogen (secondary N) is 1. The van der Waals surface area contributed by atoms with Gasteiger partial charge in [0.15, 0.2) is 11.5 Å². The molecule has 2 rings (SSSR count). The number of pyridine rings is 1. The van der Waals surface area contributed by atoms with Crippen LogP contribution in [0.5, 0.6) is 11.5 Å². The summed E-state index contributed by atoms with van der Waals surface area (Å²) in [6.07, 6.45) is 2.44. The maximum atomic E-state index is 12.2. The molecule has 0 aliphatic heterocycles. The van der Waals surface area contributed by atoms with Crippen LogP contribution < -0.4 is 19.7 Å². The summed E-state index contributed by atoms with van der Waals surface area (Å²) >= 11 is 0. The summed E-state index contributed by atoms with van der Waals surface area (Å²) < 4.78 is 10.5. The van der Waals surface area contributed by atoms with Crippen molar-refractivity contribution in [1.82, 2.24) is 10.3 Å². The highest BCUT2D eigenvalue weighted by Crippen LogP contribution is 2.27. The van der Waals surface area contributed by atoms with Gasteiger partial charge in [-0.1, -0.05) is 6.07 Å². The topological polar surface area (TPSA) is 63.7 Å². The molecule has 0 saturated heterocycles. The molecule has 2 aromatic rings. The summed E-state index contributed by atoms with van der Waals surface area (Å²) in [6.45, 7) is 6.54. The van der Waals surface area contributed by atoms with Gasteiger partial charge in [-0.25, -0.2) is 4.98 Å². The van der Waals surface area contributed by atoms with E-state index in [9.17, 15) is 4.79 Å². The number of nitrogens with zero attached hydrogens (tertiary/aromatic N) is 2. The fourth-order valence-electron chi connectivity index (χ4n) is 2.74. The lowest BCUT2D eigenvalue weighted by Crippen LogP contribution is -2.27. The van der Waals surface area contributed by atoms with Gasteiger partial charge in [0.1, 0.15) is 5.69 Å². The molecule has 1 aromatic heterocycles. The molecule has 0 aliphatic rings. The summed E-state index contributed by atoms with van der Waals surface area (Å²) in [7, 11) is 3.22. The molecule has 1 aromatic carbocycles. The van der Waals surface area contributed by atoms with E-state index in [0.717, 1.165) is 24.3 Å². The van der Waals surface area contributed by atoms with E-state index in [1.165, 1.54) is 0 Å². The standard InChI is InChI=1S/C20H27N3O3/c1-5-23(6-2)16-8-9-17(22-14-16)20(24)21-12-11-15-7-10-18(25-3)19(13-15)26-4/h7-10,13-14H,5-6,11-12H2,1-4H3,(H,21,24). The minimum Gasteiger partial charge on any atom is -0.493 e. The van der Waals surface area contributed by atoms with Gasteiger partial charge in [-0.3, -0.25) is 4.79 Å². The predicted molar refractivity (Wildman–Crippen MR) is 103 cm³/mol. The molecule has 26 heavy (non-hydrogen) atoms. The SMILES string of the molecule is CCN(CC)c1ccc(C(=O)NCCc2ccc(OC)c(OC)c2)nc1. The van der Waals surface area contributed by atoms with Crippen LogP contribution in [0.25, 0.3) is 0 Å². The number of methoxy groups -OCH3 is 2. The summed E-state index contributed by atoms with van der Waals surface area (Å²) in [6, 6.07) is 9.44. The van der Waals surface area contributed by atoms with Crippen molar-refractivity contribution in [3.05, 3.63) is 47.8 Å². The van der Waals surface area contributed by atoms with Gasteiger partial charge >= 0.3 is 0 Å². The molecular formula is C20H27N3O3. The van der Waals surface area contributed by atoms with E-state index in [1.54, 1.807) is 26.5 Å². The number of benzene rings is 1. The van der Waals surface area contributed by atoms with Gasteiger partial charge < -0.3 is 19.7 Å². The summed E-state index contributed by atoms with van der Waals surface area (Å²) in [4.78, 5) is 18.7. The number of carbonyl (C=O) groups is 1. The van der Waals surface area contributed by atoms with Crippen LogP contribution in [0.2, 0.25) is 0 Å². The first-order valence-corrected chi connectivity index (χ1v) is 8.83. The van der Waals surface area contributed by atoms with Crippen molar-refractivity contribution < 1.29 is 14.3 Å². The number of amides is 1.